The fourth-order valence-electron chi connectivity index (χ4n) is 3.60. The van der Waals surface area contributed by atoms with E-state index in [0.717, 1.165) is 17.7 Å². The van der Waals surface area contributed by atoms with Crippen molar-refractivity contribution >= 4 is 27.3 Å². The second-order valence-electron chi connectivity index (χ2n) is 6.60. The molecule has 142 valence electrons. The van der Waals surface area contributed by atoms with Crippen LogP contribution in [0.1, 0.15) is 18.9 Å². The van der Waals surface area contributed by atoms with Gasteiger partial charge in [-0.15, -0.1) is 0 Å². The largest absolute Gasteiger partial charge is 0.489 e. The van der Waals surface area contributed by atoms with Crippen molar-refractivity contribution in [3.8, 4) is 5.75 Å². The summed E-state index contributed by atoms with van der Waals surface area (Å²) in [5, 5.41) is 0. The van der Waals surface area contributed by atoms with Crippen LogP contribution in [0, 0.1) is 5.82 Å². The average Bonchev–Trinajstić information content (AvgIpc) is 2.66. The van der Waals surface area contributed by atoms with Gasteiger partial charge in [-0.3, -0.25) is 9.10 Å². The summed E-state index contributed by atoms with van der Waals surface area (Å²) >= 11 is 0. The molecule has 4 rings (SSSR count). The maximum Gasteiger partial charge on any atom is 0.264 e. The predicted molar refractivity (Wildman–Crippen MR) is 99.2 cm³/mol. The fourth-order valence-corrected chi connectivity index (χ4v) is 5.11. The Morgan fingerprint density at radius 3 is 2.70 bits per heavy atom. The Balaban J connectivity index is 1.76. The van der Waals surface area contributed by atoms with Gasteiger partial charge in [0.05, 0.1) is 17.1 Å². The summed E-state index contributed by atoms with van der Waals surface area (Å²) in [5.74, 6) is -0.252. The van der Waals surface area contributed by atoms with Gasteiger partial charge in [-0.05, 0) is 48.7 Å². The molecular weight excluding hydrogens is 371 g/mol. The first-order valence-corrected chi connectivity index (χ1v) is 10.2. The number of nitrogens with zero attached hydrogens (tertiary/aromatic N) is 2. The van der Waals surface area contributed by atoms with Gasteiger partial charge < -0.3 is 9.64 Å². The van der Waals surface area contributed by atoms with Crippen molar-refractivity contribution in [1.29, 1.82) is 0 Å². The Morgan fingerprint density at radius 2 is 1.93 bits per heavy atom. The van der Waals surface area contributed by atoms with Crippen LogP contribution in [0.25, 0.3) is 0 Å². The summed E-state index contributed by atoms with van der Waals surface area (Å²) in [6, 6.07) is 8.64. The van der Waals surface area contributed by atoms with Crippen LogP contribution >= 0.6 is 0 Å². The van der Waals surface area contributed by atoms with Crippen LogP contribution < -0.4 is 13.9 Å². The SMILES string of the molecule is CC(=O)N1CCCc2cc(S(=O)(=O)N3CCOc4ccc(F)cc43)ccc21. The molecule has 0 aliphatic carbocycles. The Bertz CT molecular complexity index is 1020. The topological polar surface area (TPSA) is 66.9 Å². The van der Waals surface area contributed by atoms with Gasteiger partial charge >= 0.3 is 0 Å². The number of halogens is 1. The highest BCUT2D eigenvalue weighted by Gasteiger charge is 2.32. The minimum Gasteiger partial charge on any atom is -0.489 e. The van der Waals surface area contributed by atoms with Crippen LogP contribution in [0.15, 0.2) is 41.3 Å². The molecule has 27 heavy (non-hydrogen) atoms. The van der Waals surface area contributed by atoms with Crippen LogP contribution in [0.2, 0.25) is 0 Å². The van der Waals surface area contributed by atoms with Gasteiger partial charge in [0.1, 0.15) is 18.2 Å². The first kappa shape index (κ1) is 17.8. The van der Waals surface area contributed by atoms with E-state index in [1.165, 1.54) is 35.5 Å². The van der Waals surface area contributed by atoms with Gasteiger partial charge in [-0.2, -0.15) is 0 Å². The van der Waals surface area contributed by atoms with E-state index in [1.807, 2.05) is 0 Å². The zero-order chi connectivity index (χ0) is 19.2. The molecule has 0 saturated heterocycles. The molecule has 2 aliphatic rings. The minimum absolute atomic E-state index is 0.0656. The number of hydrogen-bond acceptors (Lipinski definition) is 4. The predicted octanol–water partition coefficient (Wildman–Crippen LogP) is 2.71. The second kappa shape index (κ2) is 6.53. The van der Waals surface area contributed by atoms with Crippen molar-refractivity contribution in [1.82, 2.24) is 0 Å². The number of sulfonamides is 1. The number of anilines is 2. The third-order valence-corrected chi connectivity index (χ3v) is 6.69. The summed E-state index contributed by atoms with van der Waals surface area (Å²) < 4.78 is 46.8. The van der Waals surface area contributed by atoms with Crippen molar-refractivity contribution in [2.75, 3.05) is 28.9 Å². The van der Waals surface area contributed by atoms with Gasteiger partial charge in [0.25, 0.3) is 10.0 Å². The number of hydrogen-bond donors (Lipinski definition) is 0. The third kappa shape index (κ3) is 3.03. The lowest BCUT2D eigenvalue weighted by Crippen LogP contribution is -2.38. The highest BCUT2D eigenvalue weighted by molar-refractivity contribution is 7.92. The third-order valence-electron chi connectivity index (χ3n) is 4.88. The van der Waals surface area contributed by atoms with Crippen LogP contribution in [0.4, 0.5) is 15.8 Å². The van der Waals surface area contributed by atoms with E-state index in [-0.39, 0.29) is 29.6 Å². The van der Waals surface area contributed by atoms with Crippen molar-refractivity contribution < 1.29 is 22.3 Å². The van der Waals surface area contributed by atoms with Crippen molar-refractivity contribution in [3.63, 3.8) is 0 Å². The smallest absolute Gasteiger partial charge is 0.264 e. The maximum absolute atomic E-state index is 13.7. The van der Waals surface area contributed by atoms with E-state index >= 15 is 0 Å². The average molecular weight is 390 g/mol. The molecule has 0 fully saturated rings. The van der Waals surface area contributed by atoms with Crippen LogP contribution in [0.3, 0.4) is 0 Å². The molecular formula is C19H19FN2O4S. The number of ether oxygens (including phenoxy) is 1. The first-order valence-electron chi connectivity index (χ1n) is 8.74. The second-order valence-corrected chi connectivity index (χ2v) is 8.46. The Labute approximate surface area is 157 Å². The molecule has 2 aromatic rings. The quantitative estimate of drug-likeness (QED) is 0.791. The molecule has 2 heterocycles. The van der Waals surface area contributed by atoms with Crippen LogP contribution in [-0.4, -0.2) is 34.0 Å². The van der Waals surface area contributed by atoms with Crippen LogP contribution in [-0.2, 0) is 21.2 Å². The molecule has 0 N–H and O–H groups in total. The number of carbonyl (C=O) groups excluding carboxylic acids is 1. The van der Waals surface area contributed by atoms with E-state index in [1.54, 1.807) is 17.0 Å². The number of aryl methyl sites for hydroxylation is 1. The van der Waals surface area contributed by atoms with Crippen molar-refractivity contribution in [2.24, 2.45) is 0 Å². The highest BCUT2D eigenvalue weighted by Crippen LogP contribution is 2.37. The number of benzene rings is 2. The Hall–Kier alpha value is -2.61. The van der Waals surface area contributed by atoms with Gasteiger partial charge in [0.15, 0.2) is 0 Å². The molecule has 0 atom stereocenters. The van der Waals surface area contributed by atoms with Gasteiger partial charge in [-0.25, -0.2) is 12.8 Å². The molecule has 2 aliphatic heterocycles. The molecule has 0 aromatic heterocycles. The monoisotopic (exact) mass is 390 g/mol. The van der Waals surface area contributed by atoms with E-state index in [0.29, 0.717) is 18.7 Å². The van der Waals surface area contributed by atoms with Crippen molar-refractivity contribution in [2.45, 2.75) is 24.7 Å². The Kier molecular flexibility index (Phi) is 4.30. The molecule has 6 nitrogen and oxygen atoms in total. The molecule has 0 radical (unpaired) electrons. The summed E-state index contributed by atoms with van der Waals surface area (Å²) in [4.78, 5) is 13.6. The van der Waals surface area contributed by atoms with Gasteiger partial charge in [-0.1, -0.05) is 0 Å². The molecule has 0 unspecified atom stereocenters. The molecule has 1 amide bonds. The first-order chi connectivity index (χ1) is 12.9. The van der Waals surface area contributed by atoms with Gasteiger partial charge in [0.2, 0.25) is 5.91 Å². The molecule has 0 spiro atoms. The number of amides is 1. The van der Waals surface area contributed by atoms with E-state index in [9.17, 15) is 17.6 Å². The number of fused-ring (bicyclic) bond motifs is 2. The van der Waals surface area contributed by atoms with Crippen LogP contribution in [0.5, 0.6) is 5.75 Å². The van der Waals surface area contributed by atoms with E-state index < -0.39 is 15.8 Å². The standard InChI is InChI=1S/C19H19FN2O4S/c1-13(23)21-8-2-3-14-11-16(5-6-17(14)21)27(24,25)22-9-10-26-19-7-4-15(20)12-18(19)22/h4-7,11-12H,2-3,8-10H2,1H3. The van der Waals surface area contributed by atoms with Gasteiger partial charge in [0, 0.05) is 25.2 Å². The molecule has 8 heteroatoms. The lowest BCUT2D eigenvalue weighted by atomic mass is 10.0. The number of rotatable bonds is 2. The maximum atomic E-state index is 13.7. The lowest BCUT2D eigenvalue weighted by Gasteiger charge is -2.32. The Morgan fingerprint density at radius 1 is 1.11 bits per heavy atom. The summed E-state index contributed by atoms with van der Waals surface area (Å²) in [6.07, 6.45) is 1.48. The minimum atomic E-state index is -3.88. The zero-order valence-electron chi connectivity index (χ0n) is 14.8. The summed E-state index contributed by atoms with van der Waals surface area (Å²) in [5.41, 5.74) is 1.77. The molecule has 0 bridgehead atoms. The normalized spacial score (nSPS) is 16.4. The molecule has 2 aromatic carbocycles. The highest BCUT2D eigenvalue weighted by atomic mass is 32.2. The fraction of sp³-hybridized carbons (Fsp3) is 0.316. The lowest BCUT2D eigenvalue weighted by molar-refractivity contribution is -0.116. The number of carbonyl (C=O) groups is 1. The zero-order valence-corrected chi connectivity index (χ0v) is 15.6. The van der Waals surface area contributed by atoms with Crippen molar-refractivity contribution in [3.05, 3.63) is 47.8 Å². The summed E-state index contributed by atoms with van der Waals surface area (Å²) in [6.45, 7) is 2.43. The van der Waals surface area contributed by atoms with E-state index in [2.05, 4.69) is 0 Å². The summed E-state index contributed by atoms with van der Waals surface area (Å²) in [7, 11) is -3.88. The van der Waals surface area contributed by atoms with E-state index in [4.69, 9.17) is 4.74 Å². The molecule has 0 saturated carbocycles.